The Hall–Kier alpha value is -2.18. The van der Waals surface area contributed by atoms with Crippen LogP contribution in [0.25, 0.3) is 11.0 Å². The third-order valence-corrected chi connectivity index (χ3v) is 5.14. The number of carbonyl (C=O) groups is 1. The van der Waals surface area contributed by atoms with Crippen molar-refractivity contribution in [3.63, 3.8) is 0 Å². The molecule has 24 heavy (non-hydrogen) atoms. The maximum Gasteiger partial charge on any atom is 0.327 e. The molecule has 130 valence electrons. The lowest BCUT2D eigenvalue weighted by Gasteiger charge is -2.38. The molecule has 3 rings (SSSR count). The van der Waals surface area contributed by atoms with Gasteiger partial charge in [0.25, 0.3) is 0 Å². The molecule has 0 radical (unpaired) electrons. The van der Waals surface area contributed by atoms with Crippen LogP contribution >= 0.6 is 0 Å². The number of esters is 1. The smallest absolute Gasteiger partial charge is 0.327 e. The number of ether oxygens (including phenoxy) is 1. The number of anilines is 1. The lowest BCUT2D eigenvalue weighted by Crippen LogP contribution is -2.40. The van der Waals surface area contributed by atoms with E-state index >= 15 is 0 Å². The molecule has 2 aromatic heterocycles. The van der Waals surface area contributed by atoms with Crippen LogP contribution in [0.2, 0.25) is 0 Å². The highest BCUT2D eigenvalue weighted by Gasteiger charge is 2.29. The van der Waals surface area contributed by atoms with E-state index < -0.39 is 0 Å². The fourth-order valence-corrected chi connectivity index (χ4v) is 3.80. The third kappa shape index (κ3) is 3.07. The van der Waals surface area contributed by atoms with Gasteiger partial charge < -0.3 is 9.64 Å². The van der Waals surface area contributed by atoms with E-state index in [0.717, 1.165) is 11.2 Å². The topological polar surface area (TPSA) is 73.1 Å². The van der Waals surface area contributed by atoms with E-state index in [1.165, 1.54) is 39.2 Å². The van der Waals surface area contributed by atoms with Crippen LogP contribution in [0.15, 0.2) is 12.5 Å². The fourth-order valence-electron chi connectivity index (χ4n) is 3.80. The van der Waals surface area contributed by atoms with Crippen LogP contribution in [0.3, 0.4) is 0 Å². The Morgan fingerprint density at radius 1 is 1.38 bits per heavy atom. The first-order valence-corrected chi connectivity index (χ1v) is 8.61. The molecule has 0 unspecified atom stereocenters. The molecule has 0 aliphatic heterocycles. The predicted octanol–water partition coefficient (Wildman–Crippen LogP) is 2.40. The fraction of sp³-hybridized carbons (Fsp3) is 0.647. The molecule has 0 amide bonds. The van der Waals surface area contributed by atoms with Gasteiger partial charge in [-0.3, -0.25) is 4.79 Å². The Morgan fingerprint density at radius 3 is 2.92 bits per heavy atom. The Balaban J connectivity index is 1.93. The summed E-state index contributed by atoms with van der Waals surface area (Å²) in [6.45, 7) is 2.32. The van der Waals surface area contributed by atoms with Gasteiger partial charge in [0.1, 0.15) is 18.7 Å². The van der Waals surface area contributed by atoms with Crippen molar-refractivity contribution in [1.29, 1.82) is 0 Å². The van der Waals surface area contributed by atoms with Crippen molar-refractivity contribution in [3.8, 4) is 0 Å². The molecule has 0 N–H and O–H groups in total. The van der Waals surface area contributed by atoms with Gasteiger partial charge >= 0.3 is 5.97 Å². The van der Waals surface area contributed by atoms with Crippen molar-refractivity contribution in [2.75, 3.05) is 19.1 Å². The molecule has 7 heteroatoms. The molecule has 0 saturated heterocycles. The summed E-state index contributed by atoms with van der Waals surface area (Å²) in [7, 11) is 3.48. The van der Waals surface area contributed by atoms with Gasteiger partial charge in [-0.2, -0.15) is 5.10 Å². The summed E-state index contributed by atoms with van der Waals surface area (Å²) in [4.78, 5) is 22.6. The van der Waals surface area contributed by atoms with E-state index in [9.17, 15) is 4.79 Å². The summed E-state index contributed by atoms with van der Waals surface area (Å²) in [5.74, 6) is 1.24. The normalized spacial score (nSPS) is 21.0. The first-order valence-electron chi connectivity index (χ1n) is 8.61. The van der Waals surface area contributed by atoms with Gasteiger partial charge in [0.15, 0.2) is 5.65 Å². The summed E-state index contributed by atoms with van der Waals surface area (Å²) in [5, 5.41) is 5.18. The molecule has 1 aliphatic rings. The molecule has 2 atom stereocenters. The van der Waals surface area contributed by atoms with Crippen LogP contribution in [0.5, 0.6) is 0 Å². The summed E-state index contributed by atoms with van der Waals surface area (Å²) >= 11 is 0. The third-order valence-electron chi connectivity index (χ3n) is 5.14. The van der Waals surface area contributed by atoms with E-state index in [2.05, 4.69) is 33.9 Å². The lowest BCUT2D eigenvalue weighted by atomic mass is 9.82. The number of aromatic nitrogens is 4. The SMILES string of the molecule is CC[C@H]1CCCC[C@@H]1N(C)c1ncnc2c1cnn2CC(=O)OC. The van der Waals surface area contributed by atoms with E-state index in [0.29, 0.717) is 17.6 Å². The maximum absolute atomic E-state index is 11.5. The highest BCUT2D eigenvalue weighted by Crippen LogP contribution is 2.33. The monoisotopic (exact) mass is 331 g/mol. The van der Waals surface area contributed by atoms with Gasteiger partial charge in [-0.15, -0.1) is 0 Å². The summed E-state index contributed by atoms with van der Waals surface area (Å²) in [5.41, 5.74) is 0.668. The van der Waals surface area contributed by atoms with Gasteiger partial charge in [0.2, 0.25) is 0 Å². The minimum absolute atomic E-state index is 0.0567. The maximum atomic E-state index is 11.5. The van der Waals surface area contributed by atoms with Gasteiger partial charge in [0.05, 0.1) is 18.7 Å². The molecule has 2 aromatic rings. The number of methoxy groups -OCH3 is 1. The Kier molecular flexibility index (Phi) is 4.97. The van der Waals surface area contributed by atoms with Crippen LogP contribution < -0.4 is 4.90 Å². The first-order chi connectivity index (χ1) is 11.7. The first kappa shape index (κ1) is 16.7. The van der Waals surface area contributed by atoms with Crippen LogP contribution in [0.4, 0.5) is 5.82 Å². The molecule has 2 heterocycles. The zero-order valence-electron chi connectivity index (χ0n) is 14.6. The molecule has 1 saturated carbocycles. The standard InChI is InChI=1S/C17H25N5O2/c1-4-12-7-5-6-8-14(12)21(2)16-13-9-20-22(10-15(23)24-3)17(13)19-11-18-16/h9,11-12,14H,4-8,10H2,1-3H3/t12-,14-/m0/s1. The number of nitrogens with zero attached hydrogens (tertiary/aromatic N) is 5. The second kappa shape index (κ2) is 7.15. The minimum atomic E-state index is -0.341. The van der Waals surface area contributed by atoms with Gasteiger partial charge in [-0.1, -0.05) is 26.2 Å². The molecule has 0 spiro atoms. The second-order valence-corrected chi connectivity index (χ2v) is 6.44. The van der Waals surface area contributed by atoms with E-state index in [1.54, 1.807) is 17.2 Å². The van der Waals surface area contributed by atoms with Gasteiger partial charge in [0, 0.05) is 13.1 Å². The van der Waals surface area contributed by atoms with Crippen molar-refractivity contribution >= 4 is 22.8 Å². The van der Waals surface area contributed by atoms with E-state index in [1.807, 2.05) is 0 Å². The number of fused-ring (bicyclic) bond motifs is 1. The number of hydrogen-bond donors (Lipinski definition) is 0. The van der Waals surface area contributed by atoms with Crippen molar-refractivity contribution in [3.05, 3.63) is 12.5 Å². The number of carbonyl (C=O) groups excluding carboxylic acids is 1. The molecule has 0 bridgehead atoms. The molecular formula is C17H25N5O2. The van der Waals surface area contributed by atoms with Crippen LogP contribution in [0.1, 0.15) is 39.0 Å². The Morgan fingerprint density at radius 2 is 2.17 bits per heavy atom. The number of rotatable bonds is 5. The van der Waals surface area contributed by atoms with Crippen molar-refractivity contribution in [1.82, 2.24) is 19.7 Å². The second-order valence-electron chi connectivity index (χ2n) is 6.44. The van der Waals surface area contributed by atoms with E-state index in [-0.39, 0.29) is 12.5 Å². The number of hydrogen-bond acceptors (Lipinski definition) is 6. The largest absolute Gasteiger partial charge is 0.468 e. The van der Waals surface area contributed by atoms with Crippen molar-refractivity contribution < 1.29 is 9.53 Å². The molecule has 1 fully saturated rings. The van der Waals surface area contributed by atoms with Crippen LogP contribution in [0, 0.1) is 5.92 Å². The van der Waals surface area contributed by atoms with Gasteiger partial charge in [-0.05, 0) is 18.8 Å². The highest BCUT2D eigenvalue weighted by molar-refractivity contribution is 5.87. The summed E-state index contributed by atoms with van der Waals surface area (Å²) in [6, 6.07) is 0.491. The van der Waals surface area contributed by atoms with Crippen LogP contribution in [-0.2, 0) is 16.1 Å². The quantitative estimate of drug-likeness (QED) is 0.783. The zero-order chi connectivity index (χ0) is 17.1. The average molecular weight is 331 g/mol. The molecule has 0 aromatic carbocycles. The van der Waals surface area contributed by atoms with E-state index in [4.69, 9.17) is 4.74 Å². The Labute approximate surface area is 142 Å². The van der Waals surface area contributed by atoms with Crippen molar-refractivity contribution in [2.24, 2.45) is 5.92 Å². The minimum Gasteiger partial charge on any atom is -0.468 e. The summed E-state index contributed by atoms with van der Waals surface area (Å²) in [6.07, 6.45) is 9.53. The molecule has 1 aliphatic carbocycles. The molecular weight excluding hydrogens is 306 g/mol. The Bertz CT molecular complexity index is 714. The van der Waals surface area contributed by atoms with Gasteiger partial charge in [-0.25, -0.2) is 14.6 Å². The van der Waals surface area contributed by atoms with Crippen LogP contribution in [-0.4, -0.2) is 45.9 Å². The average Bonchev–Trinajstić information content (AvgIpc) is 3.03. The molecule has 7 nitrogen and oxygen atoms in total. The van der Waals surface area contributed by atoms with Crippen molar-refractivity contribution in [2.45, 2.75) is 51.6 Å². The summed E-state index contributed by atoms with van der Waals surface area (Å²) < 4.78 is 6.29. The highest BCUT2D eigenvalue weighted by atomic mass is 16.5. The lowest BCUT2D eigenvalue weighted by molar-refractivity contribution is -0.141. The predicted molar refractivity (Wildman–Crippen MR) is 91.8 cm³/mol. The zero-order valence-corrected chi connectivity index (χ0v) is 14.6.